The second-order valence-electron chi connectivity index (χ2n) is 23.6. The highest BCUT2D eigenvalue weighted by atomic mass is 19.1. The lowest BCUT2D eigenvalue weighted by molar-refractivity contribution is -0.245. The summed E-state index contributed by atoms with van der Waals surface area (Å²) in [6, 6.07) is 23.3. The van der Waals surface area contributed by atoms with Gasteiger partial charge in [-0.3, -0.25) is 29.4 Å². The first kappa shape index (κ1) is 54.0. The molecule has 18 nitrogen and oxygen atoms in total. The van der Waals surface area contributed by atoms with Crippen LogP contribution in [0.15, 0.2) is 97.1 Å². The van der Waals surface area contributed by atoms with E-state index in [4.69, 9.17) is 14.2 Å². The number of aromatic nitrogens is 4. The highest BCUT2D eigenvalue weighted by Gasteiger charge is 2.52. The summed E-state index contributed by atoms with van der Waals surface area (Å²) in [5.41, 5.74) is 4.49. The second kappa shape index (κ2) is 18.9. The first-order valence-corrected chi connectivity index (χ1v) is 27.6. The molecule has 0 saturated carbocycles. The SMILES string of the molecule is CC(C)(C)c1ccc(CN2C(=O)c3c(c4c5cc(F)ccc5n([C@H]5O[C@H](CF)[C@@H](O)[C@H](O)[C@H]5O)c4c4[nH]c5ccc(F)cc5c34)C2=O)cc1.O=C1NC(=O)c2c1c1c3cc(F)ccc3[nH]c1c1c2c2cc(F)ccc2n1[C@H]1OC2COC([C@@H]2O)[C@H]1O. The van der Waals surface area contributed by atoms with Gasteiger partial charge >= 0.3 is 0 Å². The molecule has 4 amide bonds. The van der Waals surface area contributed by atoms with Crippen LogP contribution in [-0.2, 0) is 26.2 Å². The van der Waals surface area contributed by atoms with Gasteiger partial charge in [0.1, 0.15) is 78.8 Å². The fraction of sp³-hybridized carbons (Fsp3) is 0.270. The number of imide groups is 2. The summed E-state index contributed by atoms with van der Waals surface area (Å²) in [7, 11) is 0. The molecule has 0 aliphatic carbocycles. The van der Waals surface area contributed by atoms with Crippen molar-refractivity contribution >= 4 is 111 Å². The maximum atomic E-state index is 15.0. The number of benzene rings is 7. The Morgan fingerprint density at radius 2 is 1.02 bits per heavy atom. The number of amides is 4. The van der Waals surface area contributed by atoms with Crippen molar-refractivity contribution < 1.29 is 80.9 Å². The molecule has 11 aromatic rings. The number of nitrogens with one attached hydrogen (secondary N) is 3. The molecule has 2 unspecified atom stereocenters. The maximum Gasteiger partial charge on any atom is 0.262 e. The molecule has 8 N–H and O–H groups in total. The molecule has 16 rings (SSSR count). The van der Waals surface area contributed by atoms with Crippen LogP contribution < -0.4 is 5.32 Å². The van der Waals surface area contributed by atoms with Crippen molar-refractivity contribution in [3.63, 3.8) is 0 Å². The van der Waals surface area contributed by atoms with E-state index >= 15 is 4.39 Å². The molecule has 0 spiro atoms. The van der Waals surface area contributed by atoms with Crippen LogP contribution in [0, 0.1) is 23.3 Å². The predicted octanol–water partition coefficient (Wildman–Crippen LogP) is 8.36. The monoisotopic (exact) mass is 1180 g/mol. The molecular weight excluding hydrogens is 1130 g/mol. The molecule has 2 bridgehead atoms. The number of rotatable bonds is 5. The van der Waals surface area contributed by atoms with Gasteiger partial charge in [-0.2, -0.15) is 0 Å². The highest BCUT2D eigenvalue weighted by Crippen LogP contribution is 2.50. The third-order valence-corrected chi connectivity index (χ3v) is 17.6. The van der Waals surface area contributed by atoms with Crippen molar-refractivity contribution in [3.8, 4) is 0 Å². The third kappa shape index (κ3) is 7.58. The van der Waals surface area contributed by atoms with Crippen molar-refractivity contribution in [2.45, 2.75) is 94.0 Å². The number of aliphatic hydroxyl groups is 5. The van der Waals surface area contributed by atoms with Crippen molar-refractivity contribution in [2.24, 2.45) is 0 Å². The second-order valence-corrected chi connectivity index (χ2v) is 23.6. The van der Waals surface area contributed by atoms with Crippen molar-refractivity contribution in [1.29, 1.82) is 0 Å². The Morgan fingerprint density at radius 1 is 0.547 bits per heavy atom. The van der Waals surface area contributed by atoms with Gasteiger partial charge in [0.25, 0.3) is 23.6 Å². The van der Waals surface area contributed by atoms with Crippen LogP contribution in [0.5, 0.6) is 0 Å². The Hall–Kier alpha value is -8.65. The number of hydrogen-bond donors (Lipinski definition) is 8. The van der Waals surface area contributed by atoms with Gasteiger partial charge in [-0.25, -0.2) is 22.0 Å². The fourth-order valence-electron chi connectivity index (χ4n) is 13.7. The minimum Gasteiger partial charge on any atom is -0.387 e. The number of halogens is 5. The molecule has 5 aliphatic rings. The van der Waals surface area contributed by atoms with Gasteiger partial charge in [-0.05, 0) is 89.3 Å². The zero-order valence-electron chi connectivity index (χ0n) is 45.5. The standard InChI is InChI=1S/C37H32F3N3O6.C26H17F2N3O6/c1-37(2,3)17-6-4-16(5-7-17)15-42-34(47)27-25-20-12-18(39)8-10-22(20)41-29(25)30-26(28(27)35(42)48)21-13-19(40)9-11-23(21)43(30)36-33(46)32(45)31(44)24(14-38)49-36;27-8-1-3-12-10(5-8)15-17-18(25(35)30-24(17)34)16-11-6-9(28)2-4-13(11)31(20(16)19(15)29-12)26-22(33)23-21(32)14(37-26)7-36-23/h4-13,24,31-33,36,41,44-46H,14-15H2,1-3H3;1-6,14,21-23,26,29,32-33H,7H2,(H,30,34,35)/t24-,31-,32+,33-,36+;14?,21-,22-,23?,26+/m11/s1. The first-order chi connectivity index (χ1) is 41.1. The van der Waals surface area contributed by atoms with Crippen LogP contribution in [0.25, 0.3) is 87.2 Å². The van der Waals surface area contributed by atoms with Gasteiger partial charge in [0.05, 0.1) is 68.5 Å². The van der Waals surface area contributed by atoms with Crippen LogP contribution in [0.2, 0.25) is 0 Å². The maximum absolute atomic E-state index is 15.0. The van der Waals surface area contributed by atoms with E-state index in [9.17, 15) is 62.3 Å². The molecule has 9 heterocycles. The summed E-state index contributed by atoms with van der Waals surface area (Å²) in [5, 5.41) is 58.6. The van der Waals surface area contributed by atoms with E-state index in [0.29, 0.717) is 60.1 Å². The van der Waals surface area contributed by atoms with Gasteiger partial charge in [0.15, 0.2) is 12.5 Å². The van der Waals surface area contributed by atoms with E-state index in [-0.39, 0.29) is 73.5 Å². The topological polar surface area (TPSA) is 254 Å². The normalized spacial score (nSPS) is 24.9. The largest absolute Gasteiger partial charge is 0.387 e. The Morgan fingerprint density at radius 3 is 1.56 bits per heavy atom. The van der Waals surface area contributed by atoms with E-state index in [2.05, 4.69) is 36.1 Å². The number of aromatic amines is 2. The number of ether oxygens (including phenoxy) is 3. The summed E-state index contributed by atoms with van der Waals surface area (Å²) in [4.78, 5) is 62.6. The first-order valence-electron chi connectivity index (χ1n) is 27.6. The third-order valence-electron chi connectivity index (χ3n) is 17.6. The molecule has 7 aromatic carbocycles. The molecule has 0 radical (unpaired) electrons. The molecule has 23 heteroatoms. The number of aliphatic hydroxyl groups excluding tert-OH is 5. The minimum absolute atomic E-state index is 0.00109. The zero-order valence-corrected chi connectivity index (χ0v) is 45.5. The zero-order chi connectivity index (χ0) is 60.0. The van der Waals surface area contributed by atoms with Crippen LogP contribution in [0.1, 0.15) is 85.8 Å². The van der Waals surface area contributed by atoms with E-state index in [1.165, 1.54) is 71.3 Å². The fourth-order valence-corrected chi connectivity index (χ4v) is 13.7. The lowest BCUT2D eigenvalue weighted by Crippen LogP contribution is -2.56. The van der Waals surface area contributed by atoms with Crippen LogP contribution in [0.3, 0.4) is 0 Å². The molecule has 4 aromatic heterocycles. The lowest BCUT2D eigenvalue weighted by atomic mass is 9.87. The van der Waals surface area contributed by atoms with Gasteiger partial charge in [-0.15, -0.1) is 0 Å². The number of nitrogens with zero attached hydrogens (tertiary/aromatic N) is 3. The van der Waals surface area contributed by atoms with Gasteiger partial charge < -0.3 is 58.8 Å². The van der Waals surface area contributed by atoms with Crippen molar-refractivity contribution in [3.05, 3.63) is 154 Å². The number of hydrogen-bond acceptors (Lipinski definition) is 12. The van der Waals surface area contributed by atoms with Crippen LogP contribution >= 0.6 is 0 Å². The average molecular weight is 1180 g/mol. The van der Waals surface area contributed by atoms with Gasteiger partial charge in [-0.1, -0.05) is 45.0 Å². The molecular formula is C63H49F5N6O12. The van der Waals surface area contributed by atoms with Crippen molar-refractivity contribution in [2.75, 3.05) is 13.3 Å². The van der Waals surface area contributed by atoms with E-state index < -0.39 is 115 Å². The highest BCUT2D eigenvalue weighted by molar-refractivity contribution is 6.41. The number of H-pyrrole nitrogens is 2. The number of carbonyl (C=O) groups is 4. The molecule has 86 heavy (non-hydrogen) atoms. The Kier molecular flexibility index (Phi) is 11.9. The smallest absolute Gasteiger partial charge is 0.262 e. The lowest BCUT2D eigenvalue weighted by Gasteiger charge is -2.40. The quantitative estimate of drug-likeness (QED) is 0.0598. The van der Waals surface area contributed by atoms with Gasteiger partial charge in [0.2, 0.25) is 0 Å². The summed E-state index contributed by atoms with van der Waals surface area (Å²) in [5.74, 6) is -4.93. The Bertz CT molecular complexity index is 4830. The number of carbonyl (C=O) groups excluding carboxylic acids is 4. The number of fused-ring (bicyclic) bond motifs is 22. The van der Waals surface area contributed by atoms with E-state index in [1.54, 1.807) is 4.57 Å². The van der Waals surface area contributed by atoms with E-state index in [1.807, 2.05) is 24.3 Å². The Balaban J connectivity index is 0.000000151. The Labute approximate surface area is 480 Å². The molecule has 3 fully saturated rings. The minimum atomic E-state index is -1.82. The summed E-state index contributed by atoms with van der Waals surface area (Å²) in [6.07, 6.45) is -13.4. The van der Waals surface area contributed by atoms with Crippen LogP contribution in [0.4, 0.5) is 22.0 Å². The summed E-state index contributed by atoms with van der Waals surface area (Å²) < 4.78 is 93.4. The van der Waals surface area contributed by atoms with Crippen molar-refractivity contribution in [1.82, 2.24) is 29.3 Å². The molecule has 3 saturated heterocycles. The predicted molar refractivity (Wildman–Crippen MR) is 302 cm³/mol. The number of alkyl halides is 1. The molecule has 5 aliphatic heterocycles. The molecule has 438 valence electrons. The average Bonchev–Trinajstić information content (AvgIpc) is 1.54. The summed E-state index contributed by atoms with van der Waals surface area (Å²) in [6.45, 7) is 5.04. The van der Waals surface area contributed by atoms with Gasteiger partial charge in [0, 0.05) is 54.1 Å². The molecule has 10 atom stereocenters. The van der Waals surface area contributed by atoms with E-state index in [0.717, 1.165) is 16.5 Å². The van der Waals surface area contributed by atoms with Crippen LogP contribution in [-0.4, -0.2) is 135 Å². The summed E-state index contributed by atoms with van der Waals surface area (Å²) >= 11 is 0.